The van der Waals surface area contributed by atoms with E-state index in [0.717, 1.165) is 16.2 Å². The number of hydrogen-bond donors (Lipinski definition) is 1. The van der Waals surface area contributed by atoms with Crippen molar-refractivity contribution in [2.75, 3.05) is 19.0 Å². The monoisotopic (exact) mass is 400 g/mol. The molecule has 0 fully saturated rings. The maximum atomic E-state index is 12.7. The van der Waals surface area contributed by atoms with E-state index >= 15 is 0 Å². The third kappa shape index (κ3) is 3.91. The number of methoxy groups -OCH3 is 1. The summed E-state index contributed by atoms with van der Waals surface area (Å²) >= 11 is 1.25. The van der Waals surface area contributed by atoms with Crippen molar-refractivity contribution in [3.05, 3.63) is 52.2 Å². The number of anilines is 1. The second-order valence-corrected chi connectivity index (χ2v) is 7.01. The van der Waals surface area contributed by atoms with E-state index in [1.54, 1.807) is 33.9 Å². The van der Waals surface area contributed by atoms with Crippen molar-refractivity contribution in [3.8, 4) is 16.2 Å². The fourth-order valence-electron chi connectivity index (χ4n) is 2.72. The molecule has 1 aromatic carbocycles. The number of carbonyl (C=O) groups is 2. The number of nitrogens with zero attached hydrogens (tertiary/aromatic N) is 1. The molecule has 0 saturated carbocycles. The summed E-state index contributed by atoms with van der Waals surface area (Å²) < 4.78 is 15.4. The normalized spacial score (nSPS) is 10.6. The van der Waals surface area contributed by atoms with Gasteiger partial charge in [-0.05, 0) is 56.7 Å². The molecule has 0 radical (unpaired) electrons. The molecule has 2 aromatic heterocycles. The van der Waals surface area contributed by atoms with Crippen molar-refractivity contribution < 1.29 is 23.6 Å². The first kappa shape index (κ1) is 19.6. The summed E-state index contributed by atoms with van der Waals surface area (Å²) in [5.74, 6) is 0.276. The highest BCUT2D eigenvalue weighted by atomic mass is 32.1. The number of aryl methyl sites for hydroxylation is 2. The molecular formula is C20H20N2O5S. The lowest BCUT2D eigenvalue weighted by Gasteiger charge is -2.05. The van der Waals surface area contributed by atoms with Gasteiger partial charge in [-0.25, -0.2) is 4.79 Å². The Balaban J connectivity index is 1.97. The number of aromatic nitrogens is 1. The van der Waals surface area contributed by atoms with Gasteiger partial charge in [-0.1, -0.05) is 5.16 Å². The summed E-state index contributed by atoms with van der Waals surface area (Å²) in [6.45, 7) is 5.33. The van der Waals surface area contributed by atoms with Crippen LogP contribution in [0.25, 0.3) is 10.4 Å². The number of hydrogen-bond acceptors (Lipinski definition) is 7. The molecule has 1 N–H and O–H groups in total. The number of ether oxygens (including phenoxy) is 2. The zero-order valence-electron chi connectivity index (χ0n) is 16.0. The first-order valence-electron chi connectivity index (χ1n) is 8.64. The van der Waals surface area contributed by atoms with E-state index in [1.165, 1.54) is 11.3 Å². The second kappa shape index (κ2) is 8.26. The third-order valence-corrected chi connectivity index (χ3v) is 5.24. The lowest BCUT2D eigenvalue weighted by atomic mass is 10.1. The Hall–Kier alpha value is -3.13. The van der Waals surface area contributed by atoms with E-state index in [2.05, 4.69) is 10.5 Å². The first-order chi connectivity index (χ1) is 13.4. The fraction of sp³-hybridized carbons (Fsp3) is 0.250. The number of benzene rings is 1. The predicted molar refractivity (Wildman–Crippen MR) is 106 cm³/mol. The Morgan fingerprint density at radius 3 is 2.50 bits per heavy atom. The molecule has 0 aliphatic carbocycles. The van der Waals surface area contributed by atoms with Crippen molar-refractivity contribution in [1.29, 1.82) is 0 Å². The first-order valence-corrected chi connectivity index (χ1v) is 9.45. The van der Waals surface area contributed by atoms with Crippen LogP contribution in [0.15, 0.2) is 34.9 Å². The maximum Gasteiger partial charge on any atom is 0.350 e. The van der Waals surface area contributed by atoms with Crippen LogP contribution in [0.3, 0.4) is 0 Å². The average Bonchev–Trinajstić information content (AvgIpc) is 3.25. The number of rotatable bonds is 6. The minimum Gasteiger partial charge on any atom is -0.497 e. The molecular weight excluding hydrogens is 380 g/mol. The minimum absolute atomic E-state index is 0.242. The lowest BCUT2D eigenvalue weighted by molar-refractivity contribution is 0.0533. The summed E-state index contributed by atoms with van der Waals surface area (Å²) in [4.78, 5) is 26.2. The van der Waals surface area contributed by atoms with Crippen LogP contribution in [0.2, 0.25) is 0 Å². The van der Waals surface area contributed by atoms with Gasteiger partial charge in [0.05, 0.1) is 25.1 Å². The quantitative estimate of drug-likeness (QED) is 0.615. The molecule has 0 spiro atoms. The smallest absolute Gasteiger partial charge is 0.350 e. The number of carbonyl (C=O) groups excluding carboxylic acids is 2. The molecule has 1 amide bonds. The standard InChI is InChI=1S/C20H20N2O5S/c1-5-26-20(24)18-15(21-19(23)17-11(2)22-27-12(17)3)10-16(28-18)13-6-8-14(25-4)9-7-13/h6-10H,5H2,1-4H3,(H,21,23). The van der Waals surface area contributed by atoms with E-state index in [4.69, 9.17) is 14.0 Å². The number of thiophene rings is 1. The van der Waals surface area contributed by atoms with Gasteiger partial charge in [0, 0.05) is 4.88 Å². The molecule has 28 heavy (non-hydrogen) atoms. The van der Waals surface area contributed by atoms with Crippen LogP contribution in [-0.4, -0.2) is 30.7 Å². The van der Waals surface area contributed by atoms with Crippen LogP contribution in [0.4, 0.5) is 5.69 Å². The largest absolute Gasteiger partial charge is 0.497 e. The molecule has 3 aromatic rings. The van der Waals surface area contributed by atoms with Gasteiger partial charge >= 0.3 is 5.97 Å². The van der Waals surface area contributed by atoms with Gasteiger partial charge in [0.25, 0.3) is 5.91 Å². The number of amides is 1. The highest BCUT2D eigenvalue weighted by Crippen LogP contribution is 2.36. The van der Waals surface area contributed by atoms with E-state index in [-0.39, 0.29) is 12.5 Å². The number of nitrogens with one attached hydrogen (secondary N) is 1. The summed E-state index contributed by atoms with van der Waals surface area (Å²) in [6.07, 6.45) is 0. The Bertz CT molecular complexity index is 985. The predicted octanol–water partition coefficient (Wildman–Crippen LogP) is 4.46. The van der Waals surface area contributed by atoms with Crippen LogP contribution >= 0.6 is 11.3 Å². The Morgan fingerprint density at radius 1 is 1.21 bits per heavy atom. The maximum absolute atomic E-state index is 12.7. The fourth-order valence-corrected chi connectivity index (χ4v) is 3.73. The summed E-state index contributed by atoms with van der Waals surface area (Å²) in [7, 11) is 1.60. The van der Waals surface area contributed by atoms with Gasteiger partial charge in [-0.15, -0.1) is 11.3 Å². The molecule has 0 unspecified atom stereocenters. The molecule has 8 heteroatoms. The highest BCUT2D eigenvalue weighted by molar-refractivity contribution is 7.18. The molecule has 7 nitrogen and oxygen atoms in total. The molecule has 0 saturated heterocycles. The highest BCUT2D eigenvalue weighted by Gasteiger charge is 2.23. The summed E-state index contributed by atoms with van der Waals surface area (Å²) in [6, 6.07) is 9.20. The number of esters is 1. The van der Waals surface area contributed by atoms with Gasteiger partial charge in [0.1, 0.15) is 22.0 Å². The second-order valence-electron chi connectivity index (χ2n) is 5.96. The summed E-state index contributed by atoms with van der Waals surface area (Å²) in [5, 5.41) is 6.59. The van der Waals surface area contributed by atoms with E-state index in [0.29, 0.717) is 27.6 Å². The lowest BCUT2D eigenvalue weighted by Crippen LogP contribution is -2.15. The van der Waals surface area contributed by atoms with Crippen molar-refractivity contribution in [3.63, 3.8) is 0 Å². The Labute approximate surface area is 166 Å². The van der Waals surface area contributed by atoms with Crippen LogP contribution in [0, 0.1) is 13.8 Å². The van der Waals surface area contributed by atoms with Gasteiger partial charge in [-0.2, -0.15) is 0 Å². The minimum atomic E-state index is -0.485. The molecule has 0 atom stereocenters. The van der Waals surface area contributed by atoms with Crippen LogP contribution in [-0.2, 0) is 4.74 Å². The topological polar surface area (TPSA) is 90.7 Å². The molecule has 2 heterocycles. The van der Waals surface area contributed by atoms with E-state index in [1.807, 2.05) is 24.3 Å². The summed E-state index contributed by atoms with van der Waals surface area (Å²) in [5.41, 5.74) is 2.12. The van der Waals surface area contributed by atoms with Crippen LogP contribution in [0.5, 0.6) is 5.75 Å². The van der Waals surface area contributed by atoms with Crippen molar-refractivity contribution >= 4 is 28.9 Å². The van der Waals surface area contributed by atoms with Gasteiger partial charge in [0.15, 0.2) is 0 Å². The van der Waals surface area contributed by atoms with Crippen LogP contribution < -0.4 is 10.1 Å². The molecule has 0 aliphatic rings. The zero-order valence-corrected chi connectivity index (χ0v) is 16.8. The van der Waals surface area contributed by atoms with E-state index in [9.17, 15) is 9.59 Å². The molecule has 3 rings (SSSR count). The van der Waals surface area contributed by atoms with Crippen molar-refractivity contribution in [1.82, 2.24) is 5.16 Å². The van der Waals surface area contributed by atoms with Gasteiger partial charge < -0.3 is 19.3 Å². The SMILES string of the molecule is CCOC(=O)c1sc(-c2ccc(OC)cc2)cc1NC(=O)c1c(C)noc1C. The molecule has 0 bridgehead atoms. The molecule has 0 aliphatic heterocycles. The zero-order chi connectivity index (χ0) is 20.3. The molecule has 146 valence electrons. The van der Waals surface area contributed by atoms with Crippen LogP contribution in [0.1, 0.15) is 38.4 Å². The van der Waals surface area contributed by atoms with Crippen molar-refractivity contribution in [2.45, 2.75) is 20.8 Å². The third-order valence-electron chi connectivity index (χ3n) is 4.08. The van der Waals surface area contributed by atoms with Gasteiger partial charge in [0.2, 0.25) is 0 Å². The van der Waals surface area contributed by atoms with E-state index < -0.39 is 5.97 Å². The van der Waals surface area contributed by atoms with Gasteiger partial charge in [-0.3, -0.25) is 4.79 Å². The average molecular weight is 400 g/mol. The Kier molecular flexibility index (Phi) is 5.79. The Morgan fingerprint density at radius 2 is 1.93 bits per heavy atom. The van der Waals surface area contributed by atoms with Crippen molar-refractivity contribution in [2.24, 2.45) is 0 Å².